The molecule has 11 nitrogen and oxygen atoms in total. The summed E-state index contributed by atoms with van der Waals surface area (Å²) >= 11 is 9.54. The summed E-state index contributed by atoms with van der Waals surface area (Å²) in [5.74, 6) is 0.774. The molecule has 18 heteroatoms. The molecule has 0 radical (unpaired) electrons. The number of carboxylic acid groups (broad SMARTS) is 2. The quantitative estimate of drug-likeness (QED) is 0.235. The minimum absolute atomic E-state index is 0. The van der Waals surface area contributed by atoms with E-state index in [4.69, 9.17) is 10.2 Å². The van der Waals surface area contributed by atoms with Crippen LogP contribution < -0.4 is 13.3 Å². The van der Waals surface area contributed by atoms with Gasteiger partial charge in [0, 0.05) is 126 Å². The number of likely N-dealkylation sites (N-methyl/N-ethyl adjacent to an activating group) is 1. The number of halogens is 6. The molecule has 1 unspecified atom stereocenters. The van der Waals surface area contributed by atoms with Gasteiger partial charge in [-0.05, 0) is 67.5 Å². The fourth-order valence-corrected chi connectivity index (χ4v) is 8.23. The van der Waals surface area contributed by atoms with Crippen molar-refractivity contribution in [2.45, 2.75) is 66.7 Å². The number of carbonyl (C=O) groups excluding carboxylic acids is 2. The van der Waals surface area contributed by atoms with Gasteiger partial charge >= 0.3 is 62.4 Å². The molecule has 0 aromatic carbocycles. The number of carbonyl (C=O) groups is 4. The second-order valence-corrected chi connectivity index (χ2v) is 34.0. The summed E-state index contributed by atoms with van der Waals surface area (Å²) in [5, 5.41) is 19.0. The predicted octanol–water partition coefficient (Wildman–Crippen LogP) is 4.59. The van der Waals surface area contributed by atoms with Crippen LogP contribution in [0.3, 0.4) is 0 Å². The van der Waals surface area contributed by atoms with Crippen molar-refractivity contribution in [3.63, 3.8) is 0 Å². The van der Waals surface area contributed by atoms with E-state index in [2.05, 4.69) is 117 Å². The third kappa shape index (κ3) is 25.1. The van der Waals surface area contributed by atoms with Crippen LogP contribution in [0.5, 0.6) is 0 Å². The molecule has 0 saturated carbocycles. The molecule has 0 aromatic heterocycles. The van der Waals surface area contributed by atoms with Crippen LogP contribution in [0.2, 0.25) is 0 Å². The Hall–Kier alpha value is 2.26. The number of Topliss-reactive ketones (excluding diaryl/α,β-unsaturated/α-hetero) is 2. The van der Waals surface area contributed by atoms with E-state index in [0.29, 0.717) is 67.8 Å². The fraction of sp³-hybridized carbons (Fsp3) is 0.811. The monoisotopic (exact) mass is 1470 g/mol. The van der Waals surface area contributed by atoms with Gasteiger partial charge in [-0.3, -0.25) is 23.5 Å². The SMILES string of the molecule is CCC(=O)[C@H]1CN(C)C[C@H]1CC.CCC1=C(C(=O)O)CN(C)C1.CC[C@@H]1CN(C)CC1C(=O)C=S(C)(C)=O.CC[C@@H]1CN(C)C[C@@H]1C(=O)O.I.II.I[I-]I. The van der Waals surface area contributed by atoms with Crippen LogP contribution in [0.15, 0.2) is 11.1 Å². The molecule has 6 atom stereocenters. The first kappa shape index (κ1) is 61.6. The number of nitrogens with zero attached hydrogens (tertiary/aromatic N) is 4. The Labute approximate surface area is 404 Å². The van der Waals surface area contributed by atoms with Crippen molar-refractivity contribution in [1.82, 2.24) is 19.6 Å². The number of ketones is 2. The van der Waals surface area contributed by atoms with Gasteiger partial charge in [-0.25, -0.2) is 4.79 Å². The molecule has 3 fully saturated rings. The van der Waals surface area contributed by atoms with Crippen molar-refractivity contribution < 1.29 is 46.9 Å². The maximum atomic E-state index is 11.9. The van der Waals surface area contributed by atoms with Gasteiger partial charge in [-0.15, -0.1) is 24.0 Å². The summed E-state index contributed by atoms with van der Waals surface area (Å²) in [6.07, 6.45) is 7.92. The zero-order valence-corrected chi connectivity index (χ0v) is 48.6. The normalized spacial score (nSPS) is 25.3. The molecule has 0 spiro atoms. The van der Waals surface area contributed by atoms with E-state index in [9.17, 15) is 23.4 Å². The average Bonchev–Trinajstić information content (AvgIpc) is 3.89. The van der Waals surface area contributed by atoms with E-state index < -0.39 is 21.5 Å². The van der Waals surface area contributed by atoms with Crippen molar-refractivity contribution in [1.29, 1.82) is 0 Å². The first-order valence-corrected chi connectivity index (χ1v) is 39.8. The van der Waals surface area contributed by atoms with Gasteiger partial charge in [-0.1, -0.05) is 53.9 Å². The third-order valence-electron chi connectivity index (χ3n) is 10.3. The Bertz CT molecular complexity index is 1300. The Kier molecular flexibility index (Phi) is 37.9. The number of likely N-dealkylation sites (tertiary alicyclic amines) is 3. The molecule has 0 aromatic rings. The molecule has 0 bridgehead atoms. The number of aliphatic carboxylic acids is 2. The van der Waals surface area contributed by atoms with Crippen LogP contribution in [0.1, 0.15) is 66.7 Å². The standard InChI is InChI=1S/C11H21NO2S.C10H19NO.C8H15NO2.C8H13NO2.I3.I2.HI/c1-5-9-6-12(2)7-10(9)11(13)8-15(3,4)14;1-4-8-6-11(3)7-9(8)10(12)5-2;2*1-3-6-4-9(2)5-7(6)8(10)11;1-3-2;1-2;/h8-10H,5-7H2,1-4H3;8-9H,4-7H2,1-3H3;6-7H,3-5H2,1-2H3,(H,10,11);3-5H2,1-2H3,(H,10,11);;;1H/q;;;;-1;;/t9-,10?;8-,9+;6-,7+;;;;/m111..../s1. The Balaban J connectivity index is -0.000000630. The first-order valence-electron chi connectivity index (χ1n) is 18.5. The van der Waals surface area contributed by atoms with Crippen LogP contribution in [-0.4, -0.2) is 156 Å². The van der Waals surface area contributed by atoms with Gasteiger partial charge in [0.15, 0.2) is 5.78 Å². The molecule has 3 saturated heterocycles. The van der Waals surface area contributed by atoms with E-state index in [-0.39, 0.29) is 41.6 Å². The molecular weight excluding hydrogens is 1410 g/mol. The van der Waals surface area contributed by atoms with Gasteiger partial charge in [0.2, 0.25) is 0 Å². The van der Waals surface area contributed by atoms with Crippen LogP contribution in [0.25, 0.3) is 0 Å². The van der Waals surface area contributed by atoms with Crippen LogP contribution in [0.4, 0.5) is 0 Å². The van der Waals surface area contributed by atoms with Gasteiger partial charge in [-0.2, -0.15) is 0 Å². The molecule has 4 rings (SSSR count). The number of rotatable bonds is 10. The Morgan fingerprint density at radius 2 is 1.09 bits per heavy atom. The number of hydrogen-bond donors (Lipinski definition) is 2. The summed E-state index contributed by atoms with van der Waals surface area (Å²) in [4.78, 5) is 53.3. The summed E-state index contributed by atoms with van der Waals surface area (Å²) in [5.41, 5.74) is 1.66. The summed E-state index contributed by atoms with van der Waals surface area (Å²) in [7, 11) is 6.00. The second kappa shape index (κ2) is 33.8. The minimum atomic E-state index is -2.05. The van der Waals surface area contributed by atoms with Gasteiger partial charge in [0.25, 0.3) is 0 Å². The van der Waals surface area contributed by atoms with Crippen molar-refractivity contribution in [3.05, 3.63) is 11.1 Å². The zero-order valence-electron chi connectivity index (χ0n) is 34.7. The molecule has 4 aliphatic rings. The molecule has 0 amide bonds. The van der Waals surface area contributed by atoms with Crippen LogP contribution >= 0.6 is 98.4 Å². The van der Waals surface area contributed by atoms with E-state index in [1.54, 1.807) is 12.5 Å². The first-order chi connectivity index (χ1) is 25.2. The van der Waals surface area contributed by atoms with E-state index in [1.165, 1.54) is 5.37 Å². The van der Waals surface area contributed by atoms with Gasteiger partial charge in [0.1, 0.15) is 5.78 Å². The molecular formula is C37H69I6N4O7S-. The van der Waals surface area contributed by atoms with Crippen molar-refractivity contribution >= 4 is 137 Å². The molecule has 328 valence electrons. The fourth-order valence-electron chi connectivity index (χ4n) is 7.50. The topological polar surface area (TPSA) is 139 Å². The van der Waals surface area contributed by atoms with E-state index >= 15 is 0 Å². The summed E-state index contributed by atoms with van der Waals surface area (Å²) in [6.45, 7) is 17.2. The molecule has 0 aliphatic carbocycles. The second-order valence-electron chi connectivity index (χ2n) is 14.9. The number of carboxylic acids is 2. The zero-order chi connectivity index (χ0) is 42.3. The van der Waals surface area contributed by atoms with E-state index in [1.807, 2.05) is 39.9 Å². The van der Waals surface area contributed by atoms with Crippen molar-refractivity contribution in [2.24, 2.45) is 35.5 Å². The maximum absolute atomic E-state index is 11.9. The van der Waals surface area contributed by atoms with E-state index in [0.717, 1.165) is 70.5 Å². The van der Waals surface area contributed by atoms with Crippen molar-refractivity contribution in [2.75, 3.05) is 93.1 Å². The predicted molar refractivity (Wildman–Crippen MR) is 272 cm³/mol. The molecule has 4 aliphatic heterocycles. The molecule has 2 N–H and O–H groups in total. The summed E-state index contributed by atoms with van der Waals surface area (Å²) < 4.78 is 11.5. The van der Waals surface area contributed by atoms with Crippen molar-refractivity contribution in [3.8, 4) is 0 Å². The summed E-state index contributed by atoms with van der Waals surface area (Å²) in [6, 6.07) is 0. The number of hydrogen-bond acceptors (Lipinski definition) is 9. The van der Waals surface area contributed by atoms with Crippen LogP contribution in [-0.2, 0) is 28.7 Å². The van der Waals surface area contributed by atoms with Gasteiger partial charge < -0.3 is 24.9 Å². The average molecular weight is 1480 g/mol. The third-order valence-corrected chi connectivity index (χ3v) is 11.1. The molecule has 55 heavy (non-hydrogen) atoms. The van der Waals surface area contributed by atoms with Gasteiger partial charge in [0.05, 0.1) is 11.5 Å². The van der Waals surface area contributed by atoms with Crippen LogP contribution in [0, 0.1) is 35.5 Å². The molecule has 4 heterocycles. The Morgan fingerprint density at radius 1 is 0.709 bits per heavy atom. The Morgan fingerprint density at radius 3 is 1.40 bits per heavy atom.